The summed E-state index contributed by atoms with van der Waals surface area (Å²) in [6, 6.07) is 15.9. The molecular formula is C29H38N2O3. The SMILES string of the molecule is CCCc1nc(C(C)(C)O)c(CC)n1Cc1ccc(-c2ccccc2C(=O)OC(C)(C)C)cc1. The Hall–Kier alpha value is -2.92. The van der Waals surface area contributed by atoms with Crippen LogP contribution in [0, 0.1) is 0 Å². The highest BCUT2D eigenvalue weighted by Gasteiger charge is 2.27. The van der Waals surface area contributed by atoms with Crippen molar-refractivity contribution < 1.29 is 14.6 Å². The molecule has 1 aromatic heterocycles. The summed E-state index contributed by atoms with van der Waals surface area (Å²) in [6.45, 7) is 14.2. The first-order chi connectivity index (χ1) is 15.9. The Bertz CT molecular complexity index is 1130. The van der Waals surface area contributed by atoms with Crippen molar-refractivity contribution in [2.75, 3.05) is 0 Å². The van der Waals surface area contributed by atoms with E-state index in [-0.39, 0.29) is 5.97 Å². The van der Waals surface area contributed by atoms with Gasteiger partial charge in [0.1, 0.15) is 17.0 Å². The van der Waals surface area contributed by atoms with Crippen molar-refractivity contribution in [1.82, 2.24) is 9.55 Å². The number of aryl methyl sites for hydroxylation is 1. The minimum Gasteiger partial charge on any atom is -0.456 e. The molecule has 0 unspecified atom stereocenters. The minimum absolute atomic E-state index is 0.318. The first-order valence-corrected chi connectivity index (χ1v) is 12.2. The van der Waals surface area contributed by atoms with Crippen molar-refractivity contribution in [2.45, 2.75) is 85.5 Å². The van der Waals surface area contributed by atoms with E-state index in [1.165, 1.54) is 0 Å². The number of imidazole rings is 1. The van der Waals surface area contributed by atoms with Crippen LogP contribution in [0.3, 0.4) is 0 Å². The molecule has 0 atom stereocenters. The van der Waals surface area contributed by atoms with Crippen molar-refractivity contribution in [3.63, 3.8) is 0 Å². The zero-order valence-electron chi connectivity index (χ0n) is 21.6. The van der Waals surface area contributed by atoms with Gasteiger partial charge in [0, 0.05) is 18.7 Å². The standard InChI is InChI=1S/C29H38N2O3/c1-8-12-25-30-26(29(6,7)33)24(9-2)31(25)19-20-15-17-21(18-16-20)22-13-10-11-14-23(22)27(32)34-28(3,4)5/h10-11,13-18,33H,8-9,12,19H2,1-7H3. The molecule has 3 aromatic rings. The van der Waals surface area contributed by atoms with Gasteiger partial charge < -0.3 is 14.4 Å². The maximum Gasteiger partial charge on any atom is 0.339 e. The third-order valence-corrected chi connectivity index (χ3v) is 5.69. The van der Waals surface area contributed by atoms with E-state index in [0.29, 0.717) is 12.1 Å². The number of hydrogen-bond acceptors (Lipinski definition) is 4. The Morgan fingerprint density at radius 2 is 1.65 bits per heavy atom. The lowest BCUT2D eigenvalue weighted by Crippen LogP contribution is -2.24. The second-order valence-corrected chi connectivity index (χ2v) is 10.3. The first-order valence-electron chi connectivity index (χ1n) is 12.2. The van der Waals surface area contributed by atoms with Gasteiger partial charge in [0.25, 0.3) is 0 Å². The van der Waals surface area contributed by atoms with Crippen LogP contribution < -0.4 is 0 Å². The normalized spacial score (nSPS) is 12.1. The van der Waals surface area contributed by atoms with Gasteiger partial charge in [-0.25, -0.2) is 9.78 Å². The molecule has 0 amide bonds. The molecule has 1 N–H and O–H groups in total. The molecule has 3 rings (SSSR count). The molecule has 1 heterocycles. The zero-order chi connectivity index (χ0) is 25.1. The molecule has 34 heavy (non-hydrogen) atoms. The minimum atomic E-state index is -0.978. The Balaban J connectivity index is 1.93. The molecule has 0 aliphatic carbocycles. The van der Waals surface area contributed by atoms with E-state index >= 15 is 0 Å². The highest BCUT2D eigenvalue weighted by Crippen LogP contribution is 2.28. The van der Waals surface area contributed by atoms with Gasteiger partial charge in [-0.05, 0) is 70.2 Å². The molecular weight excluding hydrogens is 424 g/mol. The smallest absolute Gasteiger partial charge is 0.339 e. The van der Waals surface area contributed by atoms with Gasteiger partial charge in [0.2, 0.25) is 0 Å². The third-order valence-electron chi connectivity index (χ3n) is 5.69. The van der Waals surface area contributed by atoms with Crippen molar-refractivity contribution >= 4 is 5.97 Å². The van der Waals surface area contributed by atoms with Gasteiger partial charge >= 0.3 is 5.97 Å². The zero-order valence-corrected chi connectivity index (χ0v) is 21.6. The van der Waals surface area contributed by atoms with E-state index in [9.17, 15) is 9.90 Å². The summed E-state index contributed by atoms with van der Waals surface area (Å²) in [5.74, 6) is 0.692. The number of ether oxygens (including phenoxy) is 1. The lowest BCUT2D eigenvalue weighted by atomic mass is 9.98. The van der Waals surface area contributed by atoms with Crippen molar-refractivity contribution in [2.24, 2.45) is 0 Å². The van der Waals surface area contributed by atoms with Crippen molar-refractivity contribution in [3.05, 3.63) is 76.9 Å². The van der Waals surface area contributed by atoms with Crippen LogP contribution in [0.15, 0.2) is 48.5 Å². The molecule has 0 aliphatic heterocycles. The molecule has 5 nitrogen and oxygen atoms in total. The number of aromatic nitrogens is 2. The van der Waals surface area contributed by atoms with E-state index in [1.54, 1.807) is 13.8 Å². The van der Waals surface area contributed by atoms with Gasteiger partial charge in [-0.2, -0.15) is 0 Å². The maximum absolute atomic E-state index is 12.8. The van der Waals surface area contributed by atoms with Crippen molar-refractivity contribution in [1.29, 1.82) is 0 Å². The van der Waals surface area contributed by atoms with Gasteiger partial charge in [0.15, 0.2) is 0 Å². The van der Waals surface area contributed by atoms with Crippen LogP contribution in [0.1, 0.15) is 88.0 Å². The summed E-state index contributed by atoms with van der Waals surface area (Å²) in [7, 11) is 0. The van der Waals surface area contributed by atoms with Crippen LogP contribution in [0.4, 0.5) is 0 Å². The Labute approximate surface area is 203 Å². The topological polar surface area (TPSA) is 64.4 Å². The summed E-state index contributed by atoms with van der Waals surface area (Å²) in [5, 5.41) is 10.7. The first kappa shape index (κ1) is 25.7. The van der Waals surface area contributed by atoms with E-state index in [1.807, 2.05) is 45.0 Å². The van der Waals surface area contributed by atoms with Crippen LogP contribution in [0.5, 0.6) is 0 Å². The largest absolute Gasteiger partial charge is 0.456 e. The van der Waals surface area contributed by atoms with E-state index in [4.69, 9.17) is 9.72 Å². The van der Waals surface area contributed by atoms with E-state index in [2.05, 4.69) is 42.7 Å². The monoisotopic (exact) mass is 462 g/mol. The van der Waals surface area contributed by atoms with Gasteiger partial charge in [-0.3, -0.25) is 0 Å². The van der Waals surface area contributed by atoms with Crippen LogP contribution in [-0.2, 0) is 29.7 Å². The lowest BCUT2D eigenvalue weighted by molar-refractivity contribution is 0.00703. The van der Waals surface area contributed by atoms with Crippen LogP contribution in [0.2, 0.25) is 0 Å². The number of nitrogens with zero attached hydrogens (tertiary/aromatic N) is 2. The molecule has 0 radical (unpaired) electrons. The quantitative estimate of drug-likeness (QED) is 0.399. The average Bonchev–Trinajstić information content (AvgIpc) is 3.11. The van der Waals surface area contributed by atoms with E-state index in [0.717, 1.165) is 53.2 Å². The highest BCUT2D eigenvalue weighted by molar-refractivity contribution is 5.97. The van der Waals surface area contributed by atoms with Gasteiger partial charge in [-0.15, -0.1) is 0 Å². The van der Waals surface area contributed by atoms with Crippen LogP contribution >= 0.6 is 0 Å². The molecule has 0 fully saturated rings. The average molecular weight is 463 g/mol. The lowest BCUT2D eigenvalue weighted by Gasteiger charge is -2.20. The molecule has 0 bridgehead atoms. The summed E-state index contributed by atoms with van der Waals surface area (Å²) in [5.41, 5.74) is 3.85. The number of carbonyl (C=O) groups is 1. The molecule has 0 saturated carbocycles. The van der Waals surface area contributed by atoms with Gasteiger partial charge in [0.05, 0.1) is 11.3 Å². The predicted molar refractivity (Wildman–Crippen MR) is 137 cm³/mol. The summed E-state index contributed by atoms with van der Waals surface area (Å²) < 4.78 is 7.86. The predicted octanol–water partition coefficient (Wildman–Crippen LogP) is 6.30. The number of aliphatic hydroxyl groups is 1. The Morgan fingerprint density at radius 3 is 2.21 bits per heavy atom. The maximum atomic E-state index is 12.8. The molecule has 0 saturated heterocycles. The molecule has 182 valence electrons. The Morgan fingerprint density at radius 1 is 1.00 bits per heavy atom. The van der Waals surface area contributed by atoms with Crippen LogP contribution in [0.25, 0.3) is 11.1 Å². The fourth-order valence-electron chi connectivity index (χ4n) is 4.21. The second-order valence-electron chi connectivity index (χ2n) is 10.3. The fourth-order valence-corrected chi connectivity index (χ4v) is 4.21. The third kappa shape index (κ3) is 5.95. The van der Waals surface area contributed by atoms with Crippen LogP contribution in [-0.4, -0.2) is 26.2 Å². The second kappa shape index (κ2) is 10.1. The Kier molecular flexibility index (Phi) is 7.67. The van der Waals surface area contributed by atoms with Crippen molar-refractivity contribution in [3.8, 4) is 11.1 Å². The number of carbonyl (C=O) groups excluding carboxylic acids is 1. The number of rotatable bonds is 8. The highest BCUT2D eigenvalue weighted by atomic mass is 16.6. The number of benzene rings is 2. The summed E-state index contributed by atoms with van der Waals surface area (Å²) in [4.78, 5) is 17.6. The fraction of sp³-hybridized carbons (Fsp3) is 0.448. The molecule has 2 aromatic carbocycles. The van der Waals surface area contributed by atoms with Gasteiger partial charge in [-0.1, -0.05) is 56.3 Å². The molecule has 5 heteroatoms. The summed E-state index contributed by atoms with van der Waals surface area (Å²) in [6.07, 6.45) is 2.66. The summed E-state index contributed by atoms with van der Waals surface area (Å²) >= 11 is 0. The van der Waals surface area contributed by atoms with E-state index < -0.39 is 11.2 Å². The molecule has 0 aliphatic rings. The molecule has 0 spiro atoms. The number of hydrogen-bond donors (Lipinski definition) is 1. The number of esters is 1.